The number of nitrogens with one attached hydrogen (secondary N) is 1. The molecule has 1 unspecified atom stereocenters. The van der Waals surface area contributed by atoms with Gasteiger partial charge in [-0.25, -0.2) is 0 Å². The maximum absolute atomic E-state index is 10.7. The zero-order valence-corrected chi connectivity index (χ0v) is 12.4. The second-order valence-corrected chi connectivity index (χ2v) is 5.59. The molecule has 0 amide bonds. The fourth-order valence-electron chi connectivity index (χ4n) is 2.30. The molecule has 0 radical (unpaired) electrons. The number of benzene rings is 1. The second kappa shape index (κ2) is 7.11. The summed E-state index contributed by atoms with van der Waals surface area (Å²) in [4.78, 5) is 10.1. The number of halogens is 2. The van der Waals surface area contributed by atoms with Crippen molar-refractivity contribution in [2.45, 2.75) is 31.7 Å². The van der Waals surface area contributed by atoms with Crippen LogP contribution >= 0.6 is 23.2 Å². The Morgan fingerprint density at radius 3 is 2.65 bits per heavy atom. The molecule has 20 heavy (non-hydrogen) atoms. The van der Waals surface area contributed by atoms with Crippen molar-refractivity contribution >= 4 is 28.9 Å². The van der Waals surface area contributed by atoms with Gasteiger partial charge in [0.05, 0.1) is 21.6 Å². The molecule has 1 heterocycles. The van der Waals surface area contributed by atoms with Crippen LogP contribution in [0.15, 0.2) is 12.1 Å². The van der Waals surface area contributed by atoms with Gasteiger partial charge in [-0.15, -0.1) is 0 Å². The number of nitro groups is 1. The predicted molar refractivity (Wildman–Crippen MR) is 78.9 cm³/mol. The minimum absolute atomic E-state index is 0.137. The van der Waals surface area contributed by atoms with Crippen molar-refractivity contribution in [1.29, 1.82) is 0 Å². The number of rotatable bonds is 6. The van der Waals surface area contributed by atoms with Gasteiger partial charge >= 0.3 is 0 Å². The lowest BCUT2D eigenvalue weighted by Crippen LogP contribution is -2.21. The van der Waals surface area contributed by atoms with E-state index in [9.17, 15) is 10.1 Å². The largest absolute Gasteiger partial charge is 0.490 e. The van der Waals surface area contributed by atoms with Gasteiger partial charge in [-0.1, -0.05) is 23.2 Å². The van der Waals surface area contributed by atoms with Crippen LogP contribution in [0.4, 0.5) is 5.69 Å². The summed E-state index contributed by atoms with van der Waals surface area (Å²) in [7, 11) is 0. The SMILES string of the molecule is O=[N+]([O-])c1cc(Cl)c(OCCCC2CCCN2)c(Cl)c1. The van der Waals surface area contributed by atoms with Crippen LogP contribution in [0.5, 0.6) is 5.75 Å². The Labute approximate surface area is 127 Å². The molecule has 1 aromatic carbocycles. The minimum Gasteiger partial charge on any atom is -0.490 e. The van der Waals surface area contributed by atoms with E-state index in [1.165, 1.54) is 25.0 Å². The smallest absolute Gasteiger partial charge is 0.272 e. The van der Waals surface area contributed by atoms with Gasteiger partial charge in [0.25, 0.3) is 5.69 Å². The summed E-state index contributed by atoms with van der Waals surface area (Å²) in [6.07, 6.45) is 4.37. The third-order valence-electron chi connectivity index (χ3n) is 3.30. The number of ether oxygens (including phenoxy) is 1. The summed E-state index contributed by atoms with van der Waals surface area (Å²) >= 11 is 11.9. The van der Waals surface area contributed by atoms with Crippen LogP contribution in [0.25, 0.3) is 0 Å². The molecule has 0 spiro atoms. The van der Waals surface area contributed by atoms with E-state index in [0.717, 1.165) is 19.4 Å². The highest BCUT2D eigenvalue weighted by molar-refractivity contribution is 6.37. The normalized spacial score (nSPS) is 18.2. The molecule has 110 valence electrons. The fourth-order valence-corrected chi connectivity index (χ4v) is 2.88. The van der Waals surface area contributed by atoms with Crippen LogP contribution in [0.3, 0.4) is 0 Å². The maximum atomic E-state index is 10.7. The molecule has 1 N–H and O–H groups in total. The first-order chi connectivity index (χ1) is 9.58. The number of non-ortho nitro benzene ring substituents is 1. The summed E-state index contributed by atoms with van der Waals surface area (Å²) < 4.78 is 5.55. The molecule has 0 saturated carbocycles. The van der Waals surface area contributed by atoms with Gasteiger partial charge in [0, 0.05) is 18.2 Å². The summed E-state index contributed by atoms with van der Waals surface area (Å²) in [5, 5.41) is 14.4. The molecular formula is C13H16Cl2N2O3. The number of hydrogen-bond acceptors (Lipinski definition) is 4. The van der Waals surface area contributed by atoms with Gasteiger partial charge in [-0.05, 0) is 32.2 Å². The van der Waals surface area contributed by atoms with Crippen LogP contribution in [-0.4, -0.2) is 24.1 Å². The summed E-state index contributed by atoms with van der Waals surface area (Å²) in [6, 6.07) is 3.07. The first kappa shape index (κ1) is 15.4. The zero-order valence-electron chi connectivity index (χ0n) is 10.9. The lowest BCUT2D eigenvalue weighted by Gasteiger charge is -2.12. The second-order valence-electron chi connectivity index (χ2n) is 4.78. The topological polar surface area (TPSA) is 64.4 Å². The first-order valence-electron chi connectivity index (χ1n) is 6.57. The molecule has 0 aliphatic carbocycles. The molecule has 1 fully saturated rings. The van der Waals surface area contributed by atoms with Crippen molar-refractivity contribution in [3.05, 3.63) is 32.3 Å². The molecule has 2 rings (SSSR count). The van der Waals surface area contributed by atoms with Crippen LogP contribution in [0.1, 0.15) is 25.7 Å². The molecule has 0 bridgehead atoms. The highest BCUT2D eigenvalue weighted by Crippen LogP contribution is 2.36. The fraction of sp³-hybridized carbons (Fsp3) is 0.538. The Kier molecular flexibility index (Phi) is 5.46. The number of hydrogen-bond donors (Lipinski definition) is 1. The van der Waals surface area contributed by atoms with E-state index in [2.05, 4.69) is 5.32 Å². The molecule has 1 aliphatic rings. The van der Waals surface area contributed by atoms with E-state index in [4.69, 9.17) is 27.9 Å². The van der Waals surface area contributed by atoms with E-state index in [0.29, 0.717) is 18.4 Å². The number of nitrogens with zero attached hydrogens (tertiary/aromatic N) is 1. The summed E-state index contributed by atoms with van der Waals surface area (Å²) in [5.41, 5.74) is -0.137. The van der Waals surface area contributed by atoms with E-state index in [1.54, 1.807) is 0 Å². The molecule has 7 heteroatoms. The Balaban J connectivity index is 1.87. The van der Waals surface area contributed by atoms with Crippen molar-refractivity contribution in [1.82, 2.24) is 5.32 Å². The molecule has 1 aliphatic heterocycles. The van der Waals surface area contributed by atoms with Crippen molar-refractivity contribution in [3.63, 3.8) is 0 Å². The molecular weight excluding hydrogens is 303 g/mol. The summed E-state index contributed by atoms with van der Waals surface area (Å²) in [6.45, 7) is 1.58. The van der Waals surface area contributed by atoms with E-state index in [-0.39, 0.29) is 15.7 Å². The zero-order chi connectivity index (χ0) is 14.5. The third-order valence-corrected chi connectivity index (χ3v) is 3.86. The summed E-state index contributed by atoms with van der Waals surface area (Å²) in [5.74, 6) is 0.318. The third kappa shape index (κ3) is 3.98. The van der Waals surface area contributed by atoms with E-state index >= 15 is 0 Å². The monoisotopic (exact) mass is 318 g/mol. The van der Waals surface area contributed by atoms with Crippen LogP contribution in [0.2, 0.25) is 10.0 Å². The molecule has 1 aromatic rings. The average Bonchev–Trinajstić information content (AvgIpc) is 2.89. The van der Waals surface area contributed by atoms with E-state index in [1.807, 2.05) is 0 Å². The van der Waals surface area contributed by atoms with Crippen LogP contribution in [-0.2, 0) is 0 Å². The Hall–Kier alpha value is -1.04. The number of nitro benzene ring substituents is 1. The molecule has 0 aromatic heterocycles. The van der Waals surface area contributed by atoms with Gasteiger partial charge in [0.1, 0.15) is 0 Å². The Morgan fingerprint density at radius 2 is 2.10 bits per heavy atom. The Morgan fingerprint density at radius 1 is 1.40 bits per heavy atom. The van der Waals surface area contributed by atoms with Crippen molar-refractivity contribution in [3.8, 4) is 5.75 Å². The van der Waals surface area contributed by atoms with Crippen molar-refractivity contribution in [2.75, 3.05) is 13.2 Å². The maximum Gasteiger partial charge on any atom is 0.272 e. The molecule has 5 nitrogen and oxygen atoms in total. The molecule has 1 saturated heterocycles. The molecule has 1 atom stereocenters. The standard InChI is InChI=1S/C13H16Cl2N2O3/c14-11-7-10(17(18)19)8-12(15)13(11)20-6-2-4-9-3-1-5-16-9/h7-9,16H,1-6H2. The van der Waals surface area contributed by atoms with Gasteiger partial charge in [0.15, 0.2) is 5.75 Å². The highest BCUT2D eigenvalue weighted by Gasteiger charge is 2.16. The van der Waals surface area contributed by atoms with Crippen LogP contribution < -0.4 is 10.1 Å². The Bertz CT molecular complexity index is 467. The quantitative estimate of drug-likeness (QED) is 0.492. The van der Waals surface area contributed by atoms with Gasteiger partial charge < -0.3 is 10.1 Å². The lowest BCUT2D eigenvalue weighted by atomic mass is 10.1. The van der Waals surface area contributed by atoms with Crippen molar-refractivity contribution < 1.29 is 9.66 Å². The lowest BCUT2D eigenvalue weighted by molar-refractivity contribution is -0.384. The predicted octanol–water partition coefficient (Wildman–Crippen LogP) is 3.81. The van der Waals surface area contributed by atoms with Gasteiger partial charge in [0.2, 0.25) is 0 Å². The average molecular weight is 319 g/mol. The van der Waals surface area contributed by atoms with E-state index < -0.39 is 4.92 Å². The minimum atomic E-state index is -0.534. The van der Waals surface area contributed by atoms with Crippen LogP contribution in [0, 0.1) is 10.1 Å². The highest BCUT2D eigenvalue weighted by atomic mass is 35.5. The van der Waals surface area contributed by atoms with Gasteiger partial charge in [-0.3, -0.25) is 10.1 Å². The van der Waals surface area contributed by atoms with Crippen molar-refractivity contribution in [2.24, 2.45) is 0 Å². The van der Waals surface area contributed by atoms with Gasteiger partial charge in [-0.2, -0.15) is 0 Å². The first-order valence-corrected chi connectivity index (χ1v) is 7.33.